The van der Waals surface area contributed by atoms with Gasteiger partial charge in [-0.3, -0.25) is 14.5 Å². The molecule has 0 saturated carbocycles. The molecule has 0 unspecified atom stereocenters. The van der Waals surface area contributed by atoms with Crippen molar-refractivity contribution in [2.24, 2.45) is 0 Å². The lowest BCUT2D eigenvalue weighted by molar-refractivity contribution is -0.123. The number of nitrogens with zero attached hydrogens (tertiary/aromatic N) is 1. The number of methoxy groups -OCH3 is 1. The van der Waals surface area contributed by atoms with Gasteiger partial charge in [-0.15, -0.1) is 0 Å². The molecule has 2 N–H and O–H groups in total. The van der Waals surface area contributed by atoms with Crippen LogP contribution in [-0.4, -0.2) is 44.0 Å². The molecule has 2 aromatic rings. The van der Waals surface area contributed by atoms with Gasteiger partial charge in [-0.25, -0.2) is 0 Å². The molecule has 0 aliphatic rings. The molecule has 0 spiro atoms. The summed E-state index contributed by atoms with van der Waals surface area (Å²) in [6.07, 6.45) is 0. The van der Waals surface area contributed by atoms with E-state index in [9.17, 15) is 9.59 Å². The number of hydrogen-bond donors (Lipinski definition) is 2. The second-order valence-electron chi connectivity index (χ2n) is 6.29. The van der Waals surface area contributed by atoms with Crippen molar-refractivity contribution < 1.29 is 14.3 Å². The number of ether oxygens (including phenoxy) is 1. The van der Waals surface area contributed by atoms with E-state index in [0.29, 0.717) is 16.5 Å². The summed E-state index contributed by atoms with van der Waals surface area (Å²) in [7, 11) is 3.29. The van der Waals surface area contributed by atoms with Crippen LogP contribution in [0.4, 0.5) is 5.69 Å². The maximum atomic E-state index is 12.2. The van der Waals surface area contributed by atoms with E-state index in [4.69, 9.17) is 16.3 Å². The van der Waals surface area contributed by atoms with Crippen LogP contribution in [0.1, 0.15) is 18.5 Å². The number of rotatable bonds is 8. The second kappa shape index (κ2) is 9.94. The molecule has 144 valence electrons. The van der Waals surface area contributed by atoms with Gasteiger partial charge < -0.3 is 15.4 Å². The summed E-state index contributed by atoms with van der Waals surface area (Å²) in [4.78, 5) is 26.0. The van der Waals surface area contributed by atoms with Gasteiger partial charge in [0, 0.05) is 16.8 Å². The monoisotopic (exact) mass is 389 g/mol. The molecule has 0 saturated heterocycles. The van der Waals surface area contributed by atoms with Crippen molar-refractivity contribution in [3.05, 3.63) is 59.1 Å². The zero-order chi connectivity index (χ0) is 19.8. The van der Waals surface area contributed by atoms with E-state index in [0.717, 1.165) is 5.56 Å². The Morgan fingerprint density at radius 3 is 2.44 bits per heavy atom. The average Bonchev–Trinajstić information content (AvgIpc) is 2.61. The zero-order valence-electron chi connectivity index (χ0n) is 15.7. The third-order valence-electron chi connectivity index (χ3n) is 3.93. The summed E-state index contributed by atoms with van der Waals surface area (Å²) < 4.78 is 5.13. The van der Waals surface area contributed by atoms with Gasteiger partial charge >= 0.3 is 0 Å². The van der Waals surface area contributed by atoms with Gasteiger partial charge in [0.1, 0.15) is 5.75 Å². The van der Waals surface area contributed by atoms with Crippen LogP contribution in [0, 0.1) is 0 Å². The lowest BCUT2D eigenvalue weighted by Gasteiger charge is -2.19. The quantitative estimate of drug-likeness (QED) is 0.727. The first-order chi connectivity index (χ1) is 12.9. The minimum atomic E-state index is -0.204. The first kappa shape index (κ1) is 20.7. The summed E-state index contributed by atoms with van der Waals surface area (Å²) >= 11 is 5.88. The number of benzene rings is 2. The molecule has 27 heavy (non-hydrogen) atoms. The highest BCUT2D eigenvalue weighted by molar-refractivity contribution is 6.30. The summed E-state index contributed by atoms with van der Waals surface area (Å²) in [6, 6.07) is 14.3. The Bertz CT molecular complexity index is 780. The third kappa shape index (κ3) is 6.92. The van der Waals surface area contributed by atoms with Gasteiger partial charge in [0.2, 0.25) is 11.8 Å². The number of likely N-dealkylation sites (N-methyl/N-ethyl adjacent to an activating group) is 1. The highest BCUT2D eigenvalue weighted by Crippen LogP contribution is 2.17. The minimum Gasteiger partial charge on any atom is -0.497 e. The standard InChI is InChI=1S/C20H24ClN3O3/c1-14(15-7-9-16(21)10-8-15)22-19(25)12-24(2)13-20(26)23-17-5-4-6-18(11-17)27-3/h4-11,14H,12-13H2,1-3H3,(H,22,25)(H,23,26)/t14-/m0/s1. The summed E-state index contributed by atoms with van der Waals surface area (Å²) in [5.41, 5.74) is 1.61. The highest BCUT2D eigenvalue weighted by Gasteiger charge is 2.14. The van der Waals surface area contributed by atoms with Gasteiger partial charge in [0.15, 0.2) is 0 Å². The third-order valence-corrected chi connectivity index (χ3v) is 4.18. The molecule has 0 aliphatic heterocycles. The molecule has 2 rings (SSSR count). The van der Waals surface area contributed by atoms with Crippen molar-refractivity contribution >= 4 is 29.1 Å². The van der Waals surface area contributed by atoms with Crippen molar-refractivity contribution in [1.82, 2.24) is 10.2 Å². The topological polar surface area (TPSA) is 70.7 Å². The van der Waals surface area contributed by atoms with Crippen LogP contribution in [0.2, 0.25) is 5.02 Å². The Labute approximate surface area is 164 Å². The van der Waals surface area contributed by atoms with Crippen LogP contribution in [0.25, 0.3) is 0 Å². The Hall–Kier alpha value is -2.57. The molecule has 0 aliphatic carbocycles. The molecule has 2 amide bonds. The summed E-state index contributed by atoms with van der Waals surface area (Å²) in [5, 5.41) is 6.35. The normalized spacial score (nSPS) is 11.7. The lowest BCUT2D eigenvalue weighted by Crippen LogP contribution is -2.39. The highest BCUT2D eigenvalue weighted by atomic mass is 35.5. The van der Waals surface area contributed by atoms with Gasteiger partial charge in [-0.2, -0.15) is 0 Å². The van der Waals surface area contributed by atoms with Crippen LogP contribution in [0.15, 0.2) is 48.5 Å². The number of halogens is 1. The van der Waals surface area contributed by atoms with E-state index in [1.165, 1.54) is 0 Å². The Morgan fingerprint density at radius 1 is 1.11 bits per heavy atom. The van der Waals surface area contributed by atoms with Crippen LogP contribution in [0.3, 0.4) is 0 Å². The van der Waals surface area contributed by atoms with Crippen molar-refractivity contribution in [3.63, 3.8) is 0 Å². The van der Waals surface area contributed by atoms with Crippen molar-refractivity contribution in [3.8, 4) is 5.75 Å². The smallest absolute Gasteiger partial charge is 0.238 e. The predicted octanol–water partition coefficient (Wildman–Crippen LogP) is 3.10. The molecule has 0 aromatic heterocycles. The lowest BCUT2D eigenvalue weighted by atomic mass is 10.1. The van der Waals surface area contributed by atoms with E-state index in [1.54, 1.807) is 55.5 Å². The molecular formula is C20H24ClN3O3. The molecule has 1 atom stereocenters. The van der Waals surface area contributed by atoms with Gasteiger partial charge in [-0.1, -0.05) is 29.8 Å². The van der Waals surface area contributed by atoms with E-state index in [2.05, 4.69) is 10.6 Å². The van der Waals surface area contributed by atoms with E-state index in [-0.39, 0.29) is 30.9 Å². The Kier molecular flexibility index (Phi) is 7.64. The minimum absolute atomic E-state index is 0.0972. The van der Waals surface area contributed by atoms with E-state index < -0.39 is 0 Å². The maximum absolute atomic E-state index is 12.2. The first-order valence-corrected chi connectivity index (χ1v) is 8.92. The number of amides is 2. The predicted molar refractivity (Wildman–Crippen MR) is 107 cm³/mol. The fourth-order valence-corrected chi connectivity index (χ4v) is 2.70. The molecule has 0 heterocycles. The summed E-state index contributed by atoms with van der Waals surface area (Å²) in [5.74, 6) is 0.301. The molecule has 6 nitrogen and oxygen atoms in total. The van der Waals surface area contributed by atoms with E-state index in [1.807, 2.05) is 19.1 Å². The average molecular weight is 390 g/mol. The molecular weight excluding hydrogens is 366 g/mol. The number of carbonyl (C=O) groups is 2. The van der Waals surface area contributed by atoms with Crippen LogP contribution in [0.5, 0.6) is 5.75 Å². The fourth-order valence-electron chi connectivity index (χ4n) is 2.57. The number of hydrogen-bond acceptors (Lipinski definition) is 4. The van der Waals surface area contributed by atoms with Crippen LogP contribution in [-0.2, 0) is 9.59 Å². The molecule has 2 aromatic carbocycles. The Balaban J connectivity index is 1.79. The second-order valence-corrected chi connectivity index (χ2v) is 6.73. The van der Waals surface area contributed by atoms with Crippen molar-refractivity contribution in [2.75, 3.05) is 32.6 Å². The molecule has 0 radical (unpaired) electrons. The van der Waals surface area contributed by atoms with Gasteiger partial charge in [0.05, 0.1) is 26.2 Å². The number of nitrogens with one attached hydrogen (secondary N) is 2. The van der Waals surface area contributed by atoms with Crippen molar-refractivity contribution in [1.29, 1.82) is 0 Å². The van der Waals surface area contributed by atoms with E-state index >= 15 is 0 Å². The fraction of sp³-hybridized carbons (Fsp3) is 0.300. The SMILES string of the molecule is COc1cccc(NC(=O)CN(C)CC(=O)N[C@@H](C)c2ccc(Cl)cc2)c1. The first-order valence-electron chi connectivity index (χ1n) is 8.54. The van der Waals surface area contributed by atoms with Crippen LogP contribution < -0.4 is 15.4 Å². The molecule has 0 bridgehead atoms. The Morgan fingerprint density at radius 2 is 1.78 bits per heavy atom. The van der Waals surface area contributed by atoms with Gasteiger partial charge in [0.25, 0.3) is 0 Å². The largest absolute Gasteiger partial charge is 0.497 e. The maximum Gasteiger partial charge on any atom is 0.238 e. The van der Waals surface area contributed by atoms with Gasteiger partial charge in [-0.05, 0) is 43.8 Å². The zero-order valence-corrected chi connectivity index (χ0v) is 16.4. The summed E-state index contributed by atoms with van der Waals surface area (Å²) in [6.45, 7) is 2.11. The van der Waals surface area contributed by atoms with Crippen LogP contribution >= 0.6 is 11.6 Å². The van der Waals surface area contributed by atoms with Crippen molar-refractivity contribution in [2.45, 2.75) is 13.0 Å². The molecule has 0 fully saturated rings. The number of anilines is 1. The molecule has 7 heteroatoms. The number of carbonyl (C=O) groups excluding carboxylic acids is 2.